The number of hydrogen-bond donors (Lipinski definition) is 1. The van der Waals surface area contributed by atoms with Gasteiger partial charge in [0.25, 0.3) is 0 Å². The van der Waals surface area contributed by atoms with E-state index in [-0.39, 0.29) is 0 Å². The van der Waals surface area contributed by atoms with Crippen LogP contribution in [0.25, 0.3) is 22.2 Å². The molecule has 4 rings (SSSR count). The van der Waals surface area contributed by atoms with Crippen molar-refractivity contribution in [3.63, 3.8) is 0 Å². The molecule has 0 spiro atoms. The number of para-hydroxylation sites is 1. The Morgan fingerprint density at radius 3 is 2.41 bits per heavy atom. The number of benzene rings is 2. The van der Waals surface area contributed by atoms with Crippen LogP contribution in [0.3, 0.4) is 0 Å². The maximum atomic E-state index is 5.65. The first kappa shape index (κ1) is 17.4. The maximum absolute atomic E-state index is 5.65. The highest BCUT2D eigenvalue weighted by Crippen LogP contribution is 2.45. The Morgan fingerprint density at radius 1 is 1.00 bits per heavy atom. The van der Waals surface area contributed by atoms with Gasteiger partial charge in [0.05, 0.1) is 19.9 Å². The minimum atomic E-state index is 0.525. The summed E-state index contributed by atoms with van der Waals surface area (Å²) in [7, 11) is 7.30. The third-order valence-corrected chi connectivity index (χ3v) is 4.78. The van der Waals surface area contributed by atoms with E-state index in [4.69, 9.17) is 14.3 Å². The monoisotopic (exact) mass is 365 g/mol. The van der Waals surface area contributed by atoms with Crippen LogP contribution in [0.1, 0.15) is 11.1 Å². The van der Waals surface area contributed by atoms with E-state index in [0.29, 0.717) is 18.1 Å². The fourth-order valence-corrected chi connectivity index (χ4v) is 3.43. The number of aromatic nitrogens is 1. The zero-order valence-corrected chi connectivity index (χ0v) is 16.0. The van der Waals surface area contributed by atoms with E-state index < -0.39 is 0 Å². The van der Waals surface area contributed by atoms with Crippen molar-refractivity contribution in [1.82, 2.24) is 9.88 Å². The Kier molecular flexibility index (Phi) is 4.49. The van der Waals surface area contributed by atoms with Crippen LogP contribution in [0.4, 0.5) is 0 Å². The van der Waals surface area contributed by atoms with Crippen LogP contribution in [0, 0.1) is 0 Å². The summed E-state index contributed by atoms with van der Waals surface area (Å²) in [5, 5.41) is 5.63. The highest BCUT2D eigenvalue weighted by molar-refractivity contribution is 6.29. The Balaban J connectivity index is 1.87. The molecule has 0 amide bonds. The first-order valence-electron chi connectivity index (χ1n) is 8.86. The van der Waals surface area contributed by atoms with E-state index >= 15 is 0 Å². The number of nitrogens with zero attached hydrogens (tertiary/aromatic N) is 2. The average Bonchev–Trinajstić information content (AvgIpc) is 3.19. The van der Waals surface area contributed by atoms with Crippen LogP contribution in [0.5, 0.6) is 11.5 Å². The van der Waals surface area contributed by atoms with Gasteiger partial charge in [-0.1, -0.05) is 23.4 Å². The normalized spacial score (nSPS) is 13.9. The van der Waals surface area contributed by atoms with Gasteiger partial charge in [0.2, 0.25) is 0 Å². The number of methoxy groups -OCH3 is 2. The molecule has 0 aliphatic heterocycles. The van der Waals surface area contributed by atoms with E-state index in [1.807, 2.05) is 38.4 Å². The van der Waals surface area contributed by atoms with Crippen LogP contribution < -0.4 is 9.47 Å². The molecule has 27 heavy (non-hydrogen) atoms. The second-order valence-corrected chi connectivity index (χ2v) is 6.75. The minimum absolute atomic E-state index is 0.525. The van der Waals surface area contributed by atoms with Gasteiger partial charge >= 0.3 is 0 Å². The van der Waals surface area contributed by atoms with E-state index in [9.17, 15) is 0 Å². The smallest absolute Gasteiger partial charge is 0.161 e. The SMILES string of the molecule is COc1cc2c(cc1OC)-c1[nH]c3ccccc3c1/C2=N\OCCN(C)C. The lowest BCUT2D eigenvalue weighted by molar-refractivity contribution is 0.126. The van der Waals surface area contributed by atoms with Crippen molar-refractivity contribution in [1.29, 1.82) is 0 Å². The lowest BCUT2D eigenvalue weighted by Crippen LogP contribution is -2.17. The number of nitrogens with one attached hydrogen (secondary N) is 1. The molecule has 1 N–H and O–H groups in total. The molecular formula is C21H23N3O3. The summed E-state index contributed by atoms with van der Waals surface area (Å²) in [6.45, 7) is 1.33. The van der Waals surface area contributed by atoms with Crippen molar-refractivity contribution < 1.29 is 14.3 Å². The van der Waals surface area contributed by atoms with Crippen molar-refractivity contribution in [2.24, 2.45) is 5.16 Å². The fourth-order valence-electron chi connectivity index (χ4n) is 3.43. The van der Waals surface area contributed by atoms with Crippen LogP contribution >= 0.6 is 0 Å². The summed E-state index contributed by atoms with van der Waals surface area (Å²) >= 11 is 0. The minimum Gasteiger partial charge on any atom is -0.493 e. The first-order valence-corrected chi connectivity index (χ1v) is 8.86. The number of ether oxygens (including phenoxy) is 2. The molecule has 0 radical (unpaired) electrons. The predicted molar refractivity (Wildman–Crippen MR) is 107 cm³/mol. The van der Waals surface area contributed by atoms with Gasteiger partial charge in [-0.2, -0.15) is 0 Å². The van der Waals surface area contributed by atoms with Gasteiger partial charge < -0.3 is 24.2 Å². The molecule has 0 fully saturated rings. The number of likely N-dealkylation sites (N-methyl/N-ethyl adjacent to an activating group) is 1. The van der Waals surface area contributed by atoms with Gasteiger partial charge in [-0.05, 0) is 32.3 Å². The summed E-state index contributed by atoms with van der Waals surface area (Å²) in [4.78, 5) is 11.2. The summed E-state index contributed by atoms with van der Waals surface area (Å²) in [5.41, 5.74) is 5.99. The second kappa shape index (κ2) is 6.96. The lowest BCUT2D eigenvalue weighted by atomic mass is 10.1. The van der Waals surface area contributed by atoms with Gasteiger partial charge in [-0.15, -0.1) is 0 Å². The summed E-state index contributed by atoms with van der Waals surface area (Å²) in [5.74, 6) is 1.36. The molecule has 0 bridgehead atoms. The van der Waals surface area contributed by atoms with Crippen molar-refractivity contribution in [3.8, 4) is 22.8 Å². The number of oxime groups is 1. The Morgan fingerprint density at radius 2 is 1.70 bits per heavy atom. The van der Waals surface area contributed by atoms with Crippen molar-refractivity contribution in [2.45, 2.75) is 0 Å². The molecule has 6 nitrogen and oxygen atoms in total. The van der Waals surface area contributed by atoms with Crippen LogP contribution in [-0.2, 0) is 4.84 Å². The quantitative estimate of drug-likeness (QED) is 0.420. The maximum Gasteiger partial charge on any atom is 0.161 e. The Hall–Kier alpha value is -2.99. The molecule has 1 heterocycles. The number of fused-ring (bicyclic) bond motifs is 5. The van der Waals surface area contributed by atoms with E-state index in [1.165, 1.54) is 0 Å². The Bertz CT molecular complexity index is 1020. The molecule has 1 aromatic heterocycles. The topological polar surface area (TPSA) is 59.1 Å². The fraction of sp³-hybridized carbons (Fsp3) is 0.286. The molecule has 1 aliphatic carbocycles. The van der Waals surface area contributed by atoms with Gasteiger partial charge in [0.15, 0.2) is 11.5 Å². The number of hydrogen-bond acceptors (Lipinski definition) is 5. The van der Waals surface area contributed by atoms with Gasteiger partial charge in [-0.25, -0.2) is 0 Å². The molecular weight excluding hydrogens is 342 g/mol. The van der Waals surface area contributed by atoms with E-state index in [2.05, 4.69) is 27.2 Å². The van der Waals surface area contributed by atoms with Gasteiger partial charge in [-0.3, -0.25) is 0 Å². The summed E-state index contributed by atoms with van der Waals surface area (Å²) < 4.78 is 11.0. The number of aromatic amines is 1. The largest absolute Gasteiger partial charge is 0.493 e. The molecule has 0 unspecified atom stereocenters. The van der Waals surface area contributed by atoms with Crippen LogP contribution in [0.15, 0.2) is 41.6 Å². The highest BCUT2D eigenvalue weighted by atomic mass is 16.6. The second-order valence-electron chi connectivity index (χ2n) is 6.75. The highest BCUT2D eigenvalue weighted by Gasteiger charge is 2.31. The molecule has 0 saturated heterocycles. The van der Waals surface area contributed by atoms with Gasteiger partial charge in [0, 0.05) is 34.1 Å². The van der Waals surface area contributed by atoms with E-state index in [0.717, 1.165) is 45.5 Å². The summed E-state index contributed by atoms with van der Waals surface area (Å²) in [6, 6.07) is 12.2. The number of H-pyrrole nitrogens is 1. The van der Waals surface area contributed by atoms with Crippen molar-refractivity contribution >= 4 is 16.6 Å². The molecule has 1 aliphatic rings. The zero-order valence-electron chi connectivity index (χ0n) is 16.0. The molecule has 3 aromatic rings. The predicted octanol–water partition coefficient (Wildman–Crippen LogP) is 3.50. The third-order valence-electron chi connectivity index (χ3n) is 4.78. The molecule has 2 aromatic carbocycles. The van der Waals surface area contributed by atoms with Crippen molar-refractivity contribution in [2.75, 3.05) is 41.5 Å². The molecule has 6 heteroatoms. The molecule has 140 valence electrons. The van der Waals surface area contributed by atoms with Crippen LogP contribution in [-0.4, -0.2) is 57.1 Å². The first-order chi connectivity index (χ1) is 13.1. The average molecular weight is 365 g/mol. The van der Waals surface area contributed by atoms with Crippen molar-refractivity contribution in [3.05, 3.63) is 47.5 Å². The number of rotatable bonds is 6. The lowest BCUT2D eigenvalue weighted by Gasteiger charge is -2.11. The molecule has 0 saturated carbocycles. The van der Waals surface area contributed by atoms with Gasteiger partial charge in [0.1, 0.15) is 12.3 Å². The molecule has 0 atom stereocenters. The van der Waals surface area contributed by atoms with E-state index in [1.54, 1.807) is 14.2 Å². The Labute approximate surface area is 158 Å². The zero-order chi connectivity index (χ0) is 19.0. The standard InChI is InChI=1S/C21H23N3O3/c1-24(2)9-10-27-23-21-15-12-18(26-4)17(25-3)11-14(15)20-19(21)13-7-5-6-8-16(13)22-20/h5-8,11-12,22H,9-10H2,1-4H3/b23-21-. The summed E-state index contributed by atoms with van der Waals surface area (Å²) in [6.07, 6.45) is 0. The van der Waals surface area contributed by atoms with Crippen LogP contribution in [0.2, 0.25) is 0 Å². The third kappa shape index (κ3) is 2.92.